The summed E-state index contributed by atoms with van der Waals surface area (Å²) in [6.45, 7) is 3.04. The summed E-state index contributed by atoms with van der Waals surface area (Å²) in [5, 5.41) is 0.191. The highest BCUT2D eigenvalue weighted by atomic mass is 35.5. The summed E-state index contributed by atoms with van der Waals surface area (Å²) < 4.78 is 26.7. The molecule has 0 spiro atoms. The average molecular weight is 319 g/mol. The van der Waals surface area contributed by atoms with E-state index in [0.717, 1.165) is 19.3 Å². The van der Waals surface area contributed by atoms with Crippen LogP contribution in [0.1, 0.15) is 26.2 Å². The third-order valence-electron chi connectivity index (χ3n) is 3.22. The maximum atomic E-state index is 12.6. The highest BCUT2D eigenvalue weighted by molar-refractivity contribution is 7.89. The normalized spacial score (nSPS) is 15.6. The molecule has 1 aliphatic rings. The van der Waals surface area contributed by atoms with E-state index in [-0.39, 0.29) is 15.7 Å². The second kappa shape index (κ2) is 6.26. The molecule has 6 nitrogen and oxygen atoms in total. The fourth-order valence-electron chi connectivity index (χ4n) is 1.96. The molecule has 1 aromatic heterocycles. The lowest BCUT2D eigenvalue weighted by molar-refractivity contribution is 0.395. The lowest BCUT2D eigenvalue weighted by Gasteiger charge is -2.21. The number of pyridine rings is 1. The monoisotopic (exact) mass is 318 g/mol. The van der Waals surface area contributed by atoms with Crippen LogP contribution in [-0.4, -0.2) is 30.8 Å². The topological polar surface area (TPSA) is 88.3 Å². The van der Waals surface area contributed by atoms with Gasteiger partial charge in [-0.25, -0.2) is 19.2 Å². The molecule has 1 aliphatic carbocycles. The number of sulfonamides is 1. The van der Waals surface area contributed by atoms with Crippen LogP contribution >= 0.6 is 11.6 Å². The van der Waals surface area contributed by atoms with Gasteiger partial charge in [0.2, 0.25) is 10.0 Å². The summed E-state index contributed by atoms with van der Waals surface area (Å²) in [4.78, 5) is 4.03. The number of nitrogens with one attached hydrogen (secondary N) is 1. The van der Waals surface area contributed by atoms with Gasteiger partial charge in [0, 0.05) is 19.3 Å². The molecule has 0 aliphatic heterocycles. The van der Waals surface area contributed by atoms with Crippen molar-refractivity contribution in [1.29, 1.82) is 0 Å². The second-order valence-electron chi connectivity index (χ2n) is 4.95. The lowest BCUT2D eigenvalue weighted by atomic mass is 10.4. The highest BCUT2D eigenvalue weighted by Crippen LogP contribution is 2.32. The van der Waals surface area contributed by atoms with Crippen molar-refractivity contribution >= 4 is 27.4 Å². The van der Waals surface area contributed by atoms with E-state index in [0.29, 0.717) is 19.0 Å². The van der Waals surface area contributed by atoms with E-state index in [9.17, 15) is 8.42 Å². The maximum absolute atomic E-state index is 12.6. The third-order valence-corrected chi connectivity index (χ3v) is 5.34. The van der Waals surface area contributed by atoms with Crippen LogP contribution in [0.25, 0.3) is 0 Å². The molecular weight excluding hydrogens is 300 g/mol. The molecule has 20 heavy (non-hydrogen) atoms. The Balaban J connectivity index is 2.28. The molecule has 2 rings (SSSR count). The fourth-order valence-corrected chi connectivity index (χ4v) is 3.83. The first kappa shape index (κ1) is 15.5. The van der Waals surface area contributed by atoms with E-state index in [1.54, 1.807) is 0 Å². The van der Waals surface area contributed by atoms with Crippen molar-refractivity contribution in [3.05, 3.63) is 17.3 Å². The molecule has 1 fully saturated rings. The molecule has 112 valence electrons. The number of anilines is 1. The van der Waals surface area contributed by atoms with E-state index in [2.05, 4.69) is 10.4 Å². The first-order valence-corrected chi connectivity index (χ1v) is 8.43. The zero-order chi connectivity index (χ0) is 14.8. The molecule has 1 heterocycles. The Morgan fingerprint density at radius 3 is 2.75 bits per heavy atom. The zero-order valence-electron chi connectivity index (χ0n) is 11.3. The number of hydrogen-bond acceptors (Lipinski definition) is 5. The quantitative estimate of drug-likeness (QED) is 0.591. The second-order valence-corrected chi connectivity index (χ2v) is 7.30. The number of aromatic nitrogens is 1. The van der Waals surface area contributed by atoms with E-state index < -0.39 is 10.0 Å². The molecule has 1 aromatic rings. The lowest BCUT2D eigenvalue weighted by Crippen LogP contribution is -2.33. The van der Waals surface area contributed by atoms with Crippen molar-refractivity contribution in [3.8, 4) is 0 Å². The first-order valence-electron chi connectivity index (χ1n) is 6.61. The number of nitrogens with two attached hydrogens (primary N) is 1. The SMILES string of the molecule is CCCN(CC1CC1)S(=O)(=O)c1cnc(NN)c(Cl)c1. The molecule has 0 bridgehead atoms. The molecule has 1 saturated carbocycles. The smallest absolute Gasteiger partial charge is 0.244 e. The van der Waals surface area contributed by atoms with Gasteiger partial charge in [0.05, 0.1) is 5.02 Å². The number of nitrogen functional groups attached to an aromatic ring is 1. The maximum Gasteiger partial charge on any atom is 0.244 e. The van der Waals surface area contributed by atoms with Crippen LogP contribution in [0.4, 0.5) is 5.82 Å². The summed E-state index contributed by atoms with van der Waals surface area (Å²) >= 11 is 5.95. The Morgan fingerprint density at radius 2 is 2.25 bits per heavy atom. The van der Waals surface area contributed by atoms with E-state index in [1.165, 1.54) is 16.6 Å². The highest BCUT2D eigenvalue weighted by Gasteiger charge is 2.31. The van der Waals surface area contributed by atoms with Crippen molar-refractivity contribution in [2.45, 2.75) is 31.1 Å². The molecule has 0 amide bonds. The molecule has 0 unspecified atom stereocenters. The zero-order valence-corrected chi connectivity index (χ0v) is 12.9. The van der Waals surface area contributed by atoms with Crippen LogP contribution < -0.4 is 11.3 Å². The summed E-state index contributed by atoms with van der Waals surface area (Å²) in [5.74, 6) is 5.98. The molecule has 0 atom stereocenters. The Bertz CT molecular complexity index is 575. The van der Waals surface area contributed by atoms with Crippen LogP contribution in [0.2, 0.25) is 5.02 Å². The Hall–Kier alpha value is -0.890. The van der Waals surface area contributed by atoms with Crippen LogP contribution in [-0.2, 0) is 10.0 Å². The van der Waals surface area contributed by atoms with E-state index >= 15 is 0 Å². The molecule has 3 N–H and O–H groups in total. The van der Waals surface area contributed by atoms with Gasteiger partial charge in [-0.1, -0.05) is 18.5 Å². The van der Waals surface area contributed by atoms with Gasteiger partial charge in [0.15, 0.2) is 5.82 Å². The molecule has 0 radical (unpaired) electrons. The Kier molecular flexibility index (Phi) is 4.85. The van der Waals surface area contributed by atoms with E-state index in [4.69, 9.17) is 17.4 Å². The van der Waals surface area contributed by atoms with Crippen LogP contribution in [0.5, 0.6) is 0 Å². The van der Waals surface area contributed by atoms with Gasteiger partial charge >= 0.3 is 0 Å². The molecule has 0 saturated heterocycles. The summed E-state index contributed by atoms with van der Waals surface area (Å²) in [6, 6.07) is 1.38. The van der Waals surface area contributed by atoms with Crippen LogP contribution in [0.3, 0.4) is 0 Å². The Morgan fingerprint density at radius 1 is 1.55 bits per heavy atom. The third kappa shape index (κ3) is 3.41. The van der Waals surface area contributed by atoms with Gasteiger partial charge in [-0.3, -0.25) is 0 Å². The van der Waals surface area contributed by atoms with Crippen molar-refractivity contribution < 1.29 is 8.42 Å². The van der Waals surface area contributed by atoms with Crippen molar-refractivity contribution in [2.75, 3.05) is 18.5 Å². The van der Waals surface area contributed by atoms with Gasteiger partial charge in [0.1, 0.15) is 4.90 Å². The number of nitrogens with zero attached hydrogens (tertiary/aromatic N) is 2. The minimum Gasteiger partial charge on any atom is -0.307 e. The number of hydrazine groups is 1. The standard InChI is InChI=1S/C12H19ClN4O2S/c1-2-5-17(8-9-3-4-9)20(18,19)10-6-11(13)12(16-14)15-7-10/h6-7,9H,2-5,8,14H2,1H3,(H,15,16). The minimum absolute atomic E-state index is 0.107. The number of hydrogen-bond donors (Lipinski definition) is 2. The van der Waals surface area contributed by atoms with Gasteiger partial charge in [-0.15, -0.1) is 0 Å². The number of rotatable bonds is 7. The molecule has 0 aromatic carbocycles. The van der Waals surface area contributed by atoms with E-state index in [1.807, 2.05) is 6.92 Å². The van der Waals surface area contributed by atoms with Crippen LogP contribution in [0.15, 0.2) is 17.2 Å². The fraction of sp³-hybridized carbons (Fsp3) is 0.583. The molecule has 8 heteroatoms. The summed E-state index contributed by atoms with van der Waals surface area (Å²) in [7, 11) is -3.55. The van der Waals surface area contributed by atoms with Gasteiger partial charge in [-0.2, -0.15) is 4.31 Å². The van der Waals surface area contributed by atoms with Crippen LogP contribution in [0, 0.1) is 5.92 Å². The average Bonchev–Trinajstić information content (AvgIpc) is 3.22. The number of halogens is 1. The van der Waals surface area contributed by atoms with Gasteiger partial charge < -0.3 is 5.43 Å². The predicted octanol–water partition coefficient (Wildman–Crippen LogP) is 1.83. The van der Waals surface area contributed by atoms with Gasteiger partial charge in [-0.05, 0) is 31.2 Å². The van der Waals surface area contributed by atoms with Gasteiger partial charge in [0.25, 0.3) is 0 Å². The van der Waals surface area contributed by atoms with Crippen molar-refractivity contribution in [2.24, 2.45) is 11.8 Å². The Labute approximate surface area is 124 Å². The van der Waals surface area contributed by atoms with Crippen molar-refractivity contribution in [1.82, 2.24) is 9.29 Å². The first-order chi connectivity index (χ1) is 9.48. The summed E-state index contributed by atoms with van der Waals surface area (Å²) in [5.41, 5.74) is 2.32. The van der Waals surface area contributed by atoms with Crippen molar-refractivity contribution in [3.63, 3.8) is 0 Å². The summed E-state index contributed by atoms with van der Waals surface area (Å²) in [6.07, 6.45) is 4.26. The minimum atomic E-state index is -3.55. The predicted molar refractivity (Wildman–Crippen MR) is 78.8 cm³/mol. The largest absolute Gasteiger partial charge is 0.307 e. The molecular formula is C12H19ClN4O2S.